The van der Waals surface area contributed by atoms with Crippen LogP contribution >= 0.6 is 0 Å². The molecule has 1 nitrogen and oxygen atoms in total. The van der Waals surface area contributed by atoms with Gasteiger partial charge in [0.2, 0.25) is 0 Å². The quantitative estimate of drug-likeness (QED) is 0.427. The predicted octanol–water partition coefficient (Wildman–Crippen LogP) is 1.46. The molecule has 1 heterocycles. The second-order valence-corrected chi connectivity index (χ2v) is 3.27. The Morgan fingerprint density at radius 2 is 2.33 bits per heavy atom. The SMILES string of the molecule is C1C[CH2][Ti]=[N]C1. The Bertz CT molecular complexity index is 52.6. The summed E-state index contributed by atoms with van der Waals surface area (Å²) in [5, 5.41) is 0. The third-order valence-corrected chi connectivity index (χ3v) is 2.52. The molecule has 0 atom stereocenters. The molecule has 1 aliphatic rings. The number of hydrogen-bond donors (Lipinski definition) is 0. The zero-order valence-corrected chi connectivity index (χ0v) is 5.34. The molecule has 0 N–H and O–H groups in total. The van der Waals surface area contributed by atoms with E-state index in [0.717, 1.165) is 0 Å². The summed E-state index contributed by atoms with van der Waals surface area (Å²) >= 11 is 0.233. The summed E-state index contributed by atoms with van der Waals surface area (Å²) < 4.78 is 5.76. The van der Waals surface area contributed by atoms with Gasteiger partial charge in [0.15, 0.2) is 0 Å². The van der Waals surface area contributed by atoms with Crippen molar-refractivity contribution in [1.29, 1.82) is 0 Å². The molecule has 6 heavy (non-hydrogen) atoms. The van der Waals surface area contributed by atoms with Crippen LogP contribution < -0.4 is 0 Å². The molecule has 0 aromatic heterocycles. The van der Waals surface area contributed by atoms with Gasteiger partial charge in [0, 0.05) is 0 Å². The van der Waals surface area contributed by atoms with Crippen LogP contribution in [0.15, 0.2) is 3.42 Å². The summed E-state index contributed by atoms with van der Waals surface area (Å²) in [6, 6.07) is 0. The normalized spacial score (nSPS) is 20.0. The molecule has 0 unspecified atom stereocenters. The van der Waals surface area contributed by atoms with Crippen LogP contribution in [0.1, 0.15) is 12.8 Å². The van der Waals surface area contributed by atoms with E-state index in [1.165, 1.54) is 24.1 Å². The fourth-order valence-corrected chi connectivity index (χ4v) is 1.93. The van der Waals surface area contributed by atoms with Crippen LogP contribution in [0.5, 0.6) is 0 Å². The Kier molecular flexibility index (Phi) is 2.06. The van der Waals surface area contributed by atoms with Crippen LogP contribution in [0.2, 0.25) is 4.73 Å². The Labute approximate surface area is 46.9 Å². The number of nitrogens with zero attached hydrogens (tertiary/aromatic N) is 1. The molecule has 0 radical (unpaired) electrons. The minimum absolute atomic E-state index is 0.233. The van der Waals surface area contributed by atoms with Gasteiger partial charge in [0.05, 0.1) is 0 Å². The fraction of sp³-hybridized carbons (Fsp3) is 1.00. The van der Waals surface area contributed by atoms with Crippen molar-refractivity contribution in [2.24, 2.45) is 3.42 Å². The third kappa shape index (κ3) is 1.31. The second-order valence-electron chi connectivity index (χ2n) is 1.50. The van der Waals surface area contributed by atoms with Gasteiger partial charge in [-0.15, -0.1) is 0 Å². The average Bonchev–Trinajstić information content (AvgIpc) is 1.72. The molecule has 0 aromatic carbocycles. The van der Waals surface area contributed by atoms with Crippen molar-refractivity contribution < 1.29 is 19.0 Å². The van der Waals surface area contributed by atoms with Gasteiger partial charge in [-0.05, 0) is 0 Å². The molecule has 33 valence electrons. The first kappa shape index (κ1) is 4.67. The minimum atomic E-state index is 0.233. The van der Waals surface area contributed by atoms with E-state index in [2.05, 4.69) is 3.42 Å². The first-order valence-corrected chi connectivity index (χ1v) is 4.20. The van der Waals surface area contributed by atoms with Gasteiger partial charge in [-0.2, -0.15) is 0 Å². The van der Waals surface area contributed by atoms with Crippen molar-refractivity contribution in [2.45, 2.75) is 17.6 Å². The predicted molar refractivity (Wildman–Crippen MR) is 21.3 cm³/mol. The van der Waals surface area contributed by atoms with E-state index in [0.29, 0.717) is 0 Å². The van der Waals surface area contributed by atoms with E-state index in [-0.39, 0.29) is 19.0 Å². The van der Waals surface area contributed by atoms with E-state index in [4.69, 9.17) is 0 Å². The van der Waals surface area contributed by atoms with Gasteiger partial charge in [-0.3, -0.25) is 0 Å². The molecule has 0 bridgehead atoms. The van der Waals surface area contributed by atoms with Gasteiger partial charge >= 0.3 is 46.5 Å². The van der Waals surface area contributed by atoms with Crippen molar-refractivity contribution >= 4 is 0 Å². The van der Waals surface area contributed by atoms with Crippen molar-refractivity contribution in [3.63, 3.8) is 0 Å². The summed E-state index contributed by atoms with van der Waals surface area (Å²) in [6.45, 7) is 1.18. The fourth-order valence-electron chi connectivity index (χ4n) is 0.553. The molecule has 2 heteroatoms. The Hall–Kier alpha value is 0.514. The molecule has 0 saturated heterocycles. The van der Waals surface area contributed by atoms with Crippen molar-refractivity contribution in [1.82, 2.24) is 0 Å². The maximum absolute atomic E-state index is 4.30. The topological polar surface area (TPSA) is 12.4 Å². The van der Waals surface area contributed by atoms with Crippen molar-refractivity contribution in [3.05, 3.63) is 0 Å². The summed E-state index contributed by atoms with van der Waals surface area (Å²) in [7, 11) is 0. The molecule has 0 amide bonds. The van der Waals surface area contributed by atoms with Crippen LogP contribution in [-0.4, -0.2) is 6.54 Å². The maximum atomic E-state index is 4.30. The van der Waals surface area contributed by atoms with E-state index in [9.17, 15) is 0 Å². The van der Waals surface area contributed by atoms with Crippen molar-refractivity contribution in [3.8, 4) is 0 Å². The standard InChI is InChI=1S/C4H8N.Ti/c1-2-3-4-5;/h1-4H2;. The zero-order valence-electron chi connectivity index (χ0n) is 3.78. The van der Waals surface area contributed by atoms with Crippen LogP contribution in [0.3, 0.4) is 0 Å². The summed E-state index contributed by atoms with van der Waals surface area (Å²) in [5.41, 5.74) is 0. The third-order valence-electron chi connectivity index (χ3n) is 0.920. The summed E-state index contributed by atoms with van der Waals surface area (Å²) in [4.78, 5) is 0. The Balaban J connectivity index is 2.26. The summed E-state index contributed by atoms with van der Waals surface area (Å²) in [6.07, 6.45) is 2.83. The van der Waals surface area contributed by atoms with Crippen LogP contribution in [-0.2, 0) is 19.0 Å². The molecule has 1 aliphatic heterocycles. The second kappa shape index (κ2) is 2.65. The average molecular weight is 118 g/mol. The Morgan fingerprint density at radius 3 is 2.50 bits per heavy atom. The monoisotopic (exact) mass is 118 g/mol. The van der Waals surface area contributed by atoms with E-state index >= 15 is 0 Å². The van der Waals surface area contributed by atoms with Crippen LogP contribution in [0, 0.1) is 0 Å². The zero-order chi connectivity index (χ0) is 4.24. The molecule has 0 fully saturated rings. The van der Waals surface area contributed by atoms with Gasteiger partial charge in [-0.25, -0.2) is 0 Å². The first-order valence-electron chi connectivity index (χ1n) is 2.39. The summed E-state index contributed by atoms with van der Waals surface area (Å²) in [5.74, 6) is 0. The Morgan fingerprint density at radius 1 is 1.33 bits per heavy atom. The molecule has 1 rings (SSSR count). The van der Waals surface area contributed by atoms with Gasteiger partial charge in [-0.1, -0.05) is 0 Å². The van der Waals surface area contributed by atoms with Crippen LogP contribution in [0.4, 0.5) is 0 Å². The molecule has 0 saturated carbocycles. The number of rotatable bonds is 0. The van der Waals surface area contributed by atoms with Gasteiger partial charge < -0.3 is 0 Å². The van der Waals surface area contributed by atoms with Gasteiger partial charge in [0.25, 0.3) is 0 Å². The molecule has 0 spiro atoms. The molecule has 0 aromatic rings. The van der Waals surface area contributed by atoms with E-state index < -0.39 is 0 Å². The number of hydrogen-bond acceptors (Lipinski definition) is 1. The first-order chi connectivity index (χ1) is 3.00. The molecular weight excluding hydrogens is 110 g/mol. The van der Waals surface area contributed by atoms with Crippen molar-refractivity contribution in [2.75, 3.05) is 6.54 Å². The molecular formula is C4H8NTi. The molecule has 0 aliphatic carbocycles. The van der Waals surface area contributed by atoms with E-state index in [1.807, 2.05) is 0 Å². The van der Waals surface area contributed by atoms with Crippen LogP contribution in [0.25, 0.3) is 0 Å². The van der Waals surface area contributed by atoms with Gasteiger partial charge in [0.1, 0.15) is 0 Å². The van der Waals surface area contributed by atoms with E-state index in [1.54, 1.807) is 0 Å².